The summed E-state index contributed by atoms with van der Waals surface area (Å²) < 4.78 is 55.1. The number of carbonyl (C=O) groups excluding carboxylic acids is 1. The van der Waals surface area contributed by atoms with Crippen LogP contribution in [0.25, 0.3) is 21.9 Å². The number of alkyl halides is 1. The zero-order valence-corrected chi connectivity index (χ0v) is 27.7. The SMILES string of the molecule is CNc1nc(C)nc2c1ncn2[C@@H]1O[C@H](COP(=O)(N[C@H](C)C(=O)OCC(C)(C)C)Oc2cccc3ccccc23)[C@@H](O)[C@@]1(C)F. The Balaban J connectivity index is 1.40. The Morgan fingerprint density at radius 1 is 1.22 bits per heavy atom. The monoisotopic (exact) mass is 658 g/mol. The van der Waals surface area contributed by atoms with Crippen molar-refractivity contribution in [3.05, 3.63) is 54.6 Å². The van der Waals surface area contributed by atoms with Gasteiger partial charge in [-0.05, 0) is 37.6 Å². The second-order valence-corrected chi connectivity index (χ2v) is 14.4. The number of aliphatic hydroxyl groups is 1. The fourth-order valence-corrected chi connectivity index (χ4v) is 6.61. The summed E-state index contributed by atoms with van der Waals surface area (Å²) in [6.45, 7) is 9.66. The van der Waals surface area contributed by atoms with Gasteiger partial charge in [-0.25, -0.2) is 23.9 Å². The van der Waals surface area contributed by atoms with Crippen molar-refractivity contribution in [2.75, 3.05) is 25.6 Å². The second kappa shape index (κ2) is 12.8. The number of nitrogens with one attached hydrogen (secondary N) is 2. The van der Waals surface area contributed by atoms with E-state index in [1.54, 1.807) is 38.2 Å². The highest BCUT2D eigenvalue weighted by atomic mass is 31.2. The van der Waals surface area contributed by atoms with Crippen LogP contribution in [0.2, 0.25) is 0 Å². The van der Waals surface area contributed by atoms with Crippen LogP contribution >= 0.6 is 7.75 Å². The molecule has 0 aliphatic carbocycles. The smallest absolute Gasteiger partial charge is 0.459 e. The molecule has 1 unspecified atom stereocenters. The van der Waals surface area contributed by atoms with Crippen molar-refractivity contribution in [2.24, 2.45) is 5.41 Å². The fraction of sp³-hybridized carbons (Fsp3) is 0.484. The molecule has 1 saturated heterocycles. The van der Waals surface area contributed by atoms with Gasteiger partial charge in [0.2, 0.25) is 0 Å². The molecular weight excluding hydrogens is 618 g/mol. The number of halogens is 1. The first-order valence-corrected chi connectivity index (χ1v) is 16.4. The third kappa shape index (κ3) is 7.01. The Kier molecular flexibility index (Phi) is 9.40. The summed E-state index contributed by atoms with van der Waals surface area (Å²) in [5.41, 5.74) is -1.93. The van der Waals surface area contributed by atoms with Gasteiger partial charge in [-0.3, -0.25) is 13.9 Å². The highest BCUT2D eigenvalue weighted by molar-refractivity contribution is 7.52. The summed E-state index contributed by atoms with van der Waals surface area (Å²) in [4.78, 5) is 25.9. The molecule has 6 atom stereocenters. The normalized spacial score (nSPS) is 23.7. The lowest BCUT2D eigenvalue weighted by Crippen LogP contribution is -2.41. The van der Waals surface area contributed by atoms with Crippen LogP contribution in [0.1, 0.15) is 46.7 Å². The van der Waals surface area contributed by atoms with Crippen LogP contribution in [0.5, 0.6) is 5.75 Å². The van der Waals surface area contributed by atoms with Crippen molar-refractivity contribution in [1.82, 2.24) is 24.6 Å². The molecule has 3 heterocycles. The molecule has 1 aliphatic rings. The first kappa shape index (κ1) is 33.7. The van der Waals surface area contributed by atoms with E-state index in [2.05, 4.69) is 25.4 Å². The number of benzene rings is 2. The van der Waals surface area contributed by atoms with Crippen LogP contribution < -0.4 is 14.9 Å². The molecule has 0 spiro atoms. The van der Waals surface area contributed by atoms with E-state index in [-0.39, 0.29) is 17.8 Å². The van der Waals surface area contributed by atoms with Crippen LogP contribution in [-0.2, 0) is 23.4 Å². The van der Waals surface area contributed by atoms with Gasteiger partial charge in [0.15, 0.2) is 28.9 Å². The van der Waals surface area contributed by atoms with Crippen LogP contribution in [0, 0.1) is 12.3 Å². The molecule has 0 bridgehead atoms. The molecule has 1 aliphatic heterocycles. The average molecular weight is 659 g/mol. The van der Waals surface area contributed by atoms with E-state index < -0.39 is 50.5 Å². The average Bonchev–Trinajstić information content (AvgIpc) is 3.51. The van der Waals surface area contributed by atoms with E-state index in [4.69, 9.17) is 18.5 Å². The van der Waals surface area contributed by atoms with Gasteiger partial charge in [0.1, 0.15) is 29.8 Å². The maximum absolute atomic E-state index is 16.2. The molecule has 0 radical (unpaired) electrons. The number of aliphatic hydroxyl groups excluding tert-OH is 1. The summed E-state index contributed by atoms with van der Waals surface area (Å²) in [6, 6.07) is 11.4. The molecule has 46 heavy (non-hydrogen) atoms. The standard InChI is InChI=1S/C31H40FN6O7P/c1-18(28(40)42-16-30(3,4)5)37-46(41,45-22-14-10-12-20-11-8-9-13-21(20)22)43-15-23-25(39)31(6,32)29(44-23)38-17-34-24-26(33-7)35-19(2)36-27(24)38/h8-14,17-18,23,25,29,39H,15-16H2,1-7H3,(H,37,41)(H,33,35,36)/t18-,23-,25-,29-,31-,46?/m1/s1. The lowest BCUT2D eigenvalue weighted by Gasteiger charge is -2.26. The van der Waals surface area contributed by atoms with Gasteiger partial charge < -0.3 is 24.4 Å². The number of carbonyl (C=O) groups is 1. The summed E-state index contributed by atoms with van der Waals surface area (Å²) in [5, 5.41) is 18.1. The van der Waals surface area contributed by atoms with Crippen LogP contribution in [0.15, 0.2) is 48.8 Å². The van der Waals surface area contributed by atoms with Gasteiger partial charge >= 0.3 is 13.7 Å². The number of hydrogen-bond donors (Lipinski definition) is 3. The highest BCUT2D eigenvalue weighted by Crippen LogP contribution is 2.49. The molecule has 0 saturated carbocycles. The van der Waals surface area contributed by atoms with Gasteiger partial charge in [-0.1, -0.05) is 57.2 Å². The molecule has 13 nitrogen and oxygen atoms in total. The molecular formula is C31H40FN6O7P. The maximum Gasteiger partial charge on any atom is 0.459 e. The zero-order valence-electron chi connectivity index (χ0n) is 26.9. The van der Waals surface area contributed by atoms with Crippen molar-refractivity contribution in [2.45, 2.75) is 71.7 Å². The van der Waals surface area contributed by atoms with Crippen molar-refractivity contribution < 1.29 is 37.4 Å². The number of nitrogens with zero attached hydrogens (tertiary/aromatic N) is 4. The first-order valence-electron chi connectivity index (χ1n) is 14.9. The van der Waals surface area contributed by atoms with E-state index in [1.807, 2.05) is 39.0 Å². The molecule has 1 fully saturated rings. The number of aryl methyl sites for hydroxylation is 1. The highest BCUT2D eigenvalue weighted by Gasteiger charge is 2.56. The minimum Gasteiger partial charge on any atom is -0.464 e. The molecule has 4 aromatic rings. The fourth-order valence-electron chi connectivity index (χ4n) is 5.09. The quantitative estimate of drug-likeness (QED) is 0.145. The van der Waals surface area contributed by atoms with E-state index in [1.165, 1.54) is 24.7 Å². The maximum atomic E-state index is 16.2. The van der Waals surface area contributed by atoms with E-state index in [0.29, 0.717) is 28.2 Å². The minimum absolute atomic E-state index is 0.134. The predicted octanol–water partition coefficient (Wildman–Crippen LogP) is 5.09. The second-order valence-electron chi connectivity index (χ2n) is 12.7. The van der Waals surface area contributed by atoms with Crippen molar-refractivity contribution >= 4 is 41.5 Å². The number of aromatic nitrogens is 4. The Bertz CT molecular complexity index is 1770. The summed E-state index contributed by atoms with van der Waals surface area (Å²) in [5.74, 6) is 0.433. The van der Waals surface area contributed by atoms with Crippen LogP contribution in [0.4, 0.5) is 10.2 Å². The number of anilines is 1. The summed E-state index contributed by atoms with van der Waals surface area (Å²) >= 11 is 0. The summed E-state index contributed by atoms with van der Waals surface area (Å²) in [7, 11) is -2.71. The van der Waals surface area contributed by atoms with Gasteiger partial charge in [-0.15, -0.1) is 0 Å². The Hall–Kier alpha value is -3.68. The number of esters is 1. The topological polar surface area (TPSA) is 159 Å². The third-order valence-electron chi connectivity index (χ3n) is 7.47. The van der Waals surface area contributed by atoms with Crippen molar-refractivity contribution in [3.63, 3.8) is 0 Å². The molecule has 248 valence electrons. The van der Waals surface area contributed by atoms with Gasteiger partial charge in [0.25, 0.3) is 0 Å². The van der Waals surface area contributed by atoms with Gasteiger partial charge in [-0.2, -0.15) is 5.09 Å². The number of fused-ring (bicyclic) bond motifs is 2. The zero-order chi connectivity index (χ0) is 33.4. The number of rotatable bonds is 11. The first-order chi connectivity index (χ1) is 21.6. The molecule has 15 heteroatoms. The number of hydrogen-bond acceptors (Lipinski definition) is 11. The Morgan fingerprint density at radius 2 is 1.93 bits per heavy atom. The predicted molar refractivity (Wildman–Crippen MR) is 170 cm³/mol. The van der Waals surface area contributed by atoms with Crippen LogP contribution in [0.3, 0.4) is 0 Å². The summed E-state index contributed by atoms with van der Waals surface area (Å²) in [6.07, 6.45) is -3.00. The Morgan fingerprint density at radius 3 is 2.65 bits per heavy atom. The van der Waals surface area contributed by atoms with Crippen molar-refractivity contribution in [3.8, 4) is 5.75 Å². The molecule has 2 aromatic carbocycles. The molecule has 2 aromatic heterocycles. The third-order valence-corrected chi connectivity index (χ3v) is 9.10. The largest absolute Gasteiger partial charge is 0.464 e. The van der Waals surface area contributed by atoms with Gasteiger partial charge in [0, 0.05) is 12.4 Å². The number of ether oxygens (including phenoxy) is 2. The van der Waals surface area contributed by atoms with Crippen LogP contribution in [-0.4, -0.2) is 74.8 Å². The molecule has 0 amide bonds. The van der Waals surface area contributed by atoms with E-state index in [9.17, 15) is 14.5 Å². The van der Waals surface area contributed by atoms with Gasteiger partial charge in [0.05, 0.1) is 19.5 Å². The lowest BCUT2D eigenvalue weighted by molar-refractivity contribution is -0.148. The number of imidazole rings is 1. The molecule has 3 N–H and O–H groups in total. The van der Waals surface area contributed by atoms with E-state index in [0.717, 1.165) is 5.39 Å². The molecule has 5 rings (SSSR count). The van der Waals surface area contributed by atoms with Crippen molar-refractivity contribution in [1.29, 1.82) is 0 Å². The van der Waals surface area contributed by atoms with E-state index >= 15 is 4.39 Å². The lowest BCUT2D eigenvalue weighted by atomic mass is 9.98. The minimum atomic E-state index is -4.39. The Labute approximate surface area is 266 Å².